The van der Waals surface area contributed by atoms with Crippen LogP contribution in [0, 0.1) is 6.92 Å². The molecule has 5 heteroatoms. The summed E-state index contributed by atoms with van der Waals surface area (Å²) >= 11 is 0. The van der Waals surface area contributed by atoms with Crippen LogP contribution in [0.2, 0.25) is 0 Å². The molecule has 0 aliphatic carbocycles. The molecular weight excluding hydrogens is 229 g/mol. The minimum absolute atomic E-state index is 0.0950. The second-order valence-corrected chi connectivity index (χ2v) is 5.57. The quantitative estimate of drug-likeness (QED) is 0.749. The molecular formula is C13H18BNO3. The first-order valence-corrected chi connectivity index (χ1v) is 6.31. The van der Waals surface area contributed by atoms with Gasteiger partial charge >= 0.3 is 7.12 Å². The second-order valence-electron chi connectivity index (χ2n) is 5.57. The van der Waals surface area contributed by atoms with E-state index in [-0.39, 0.29) is 18.8 Å². The lowest BCUT2D eigenvalue weighted by molar-refractivity contribution is 0.0281. The maximum atomic E-state index is 6.01. The fourth-order valence-corrected chi connectivity index (χ4v) is 2.64. The van der Waals surface area contributed by atoms with Crippen LogP contribution in [-0.4, -0.2) is 25.9 Å². The van der Waals surface area contributed by atoms with Crippen molar-refractivity contribution in [3.63, 3.8) is 0 Å². The fourth-order valence-electron chi connectivity index (χ4n) is 2.64. The van der Waals surface area contributed by atoms with Crippen molar-refractivity contribution < 1.29 is 14.0 Å². The summed E-state index contributed by atoms with van der Waals surface area (Å²) in [6.07, 6.45) is -0.0950. The van der Waals surface area contributed by atoms with E-state index in [1.165, 1.54) is 5.56 Å². The molecule has 0 aromatic heterocycles. The van der Waals surface area contributed by atoms with E-state index in [9.17, 15) is 0 Å². The predicted octanol–water partition coefficient (Wildman–Crippen LogP) is 0.908. The van der Waals surface area contributed by atoms with Crippen molar-refractivity contribution in [1.82, 2.24) is 0 Å². The van der Waals surface area contributed by atoms with E-state index in [1.54, 1.807) is 0 Å². The number of ether oxygens (including phenoxy) is 1. The molecule has 0 radical (unpaired) electrons. The van der Waals surface area contributed by atoms with E-state index in [1.807, 2.05) is 19.9 Å². The van der Waals surface area contributed by atoms with E-state index in [4.69, 9.17) is 19.8 Å². The number of hydrogen-bond acceptors (Lipinski definition) is 4. The summed E-state index contributed by atoms with van der Waals surface area (Å²) in [6.45, 7) is 7.06. The lowest BCUT2D eigenvalue weighted by atomic mass is 9.76. The van der Waals surface area contributed by atoms with Crippen molar-refractivity contribution in [1.29, 1.82) is 0 Å². The van der Waals surface area contributed by atoms with Crippen molar-refractivity contribution in [2.75, 3.05) is 13.2 Å². The van der Waals surface area contributed by atoms with Crippen molar-refractivity contribution in [2.45, 2.75) is 32.5 Å². The minimum Gasteiger partial charge on any atom is -0.491 e. The molecule has 2 N–H and O–H groups in total. The summed E-state index contributed by atoms with van der Waals surface area (Å²) in [5.41, 5.74) is 8.77. The third-order valence-corrected chi connectivity index (χ3v) is 3.53. The summed E-state index contributed by atoms with van der Waals surface area (Å²) in [5.74, 6) is 0.863. The highest BCUT2D eigenvalue weighted by molar-refractivity contribution is 6.64. The summed E-state index contributed by atoms with van der Waals surface area (Å²) in [4.78, 5) is 0. The van der Waals surface area contributed by atoms with Crippen molar-refractivity contribution >= 4 is 12.6 Å². The van der Waals surface area contributed by atoms with E-state index < -0.39 is 0 Å². The Kier molecular flexibility index (Phi) is 2.66. The maximum absolute atomic E-state index is 6.01. The highest BCUT2D eigenvalue weighted by Gasteiger charge is 2.45. The molecule has 3 rings (SSSR count). The number of hydrogen-bond donors (Lipinski definition) is 1. The Morgan fingerprint density at radius 1 is 1.44 bits per heavy atom. The van der Waals surface area contributed by atoms with Gasteiger partial charge < -0.3 is 19.8 Å². The normalized spacial score (nSPS) is 24.4. The second kappa shape index (κ2) is 3.98. The molecule has 0 bridgehead atoms. The molecule has 2 aliphatic heterocycles. The van der Waals surface area contributed by atoms with Crippen LogP contribution in [0.3, 0.4) is 0 Å². The van der Waals surface area contributed by atoms with Crippen LogP contribution in [0.15, 0.2) is 12.1 Å². The van der Waals surface area contributed by atoms with E-state index in [2.05, 4.69) is 13.0 Å². The highest BCUT2D eigenvalue weighted by atomic mass is 16.6. The van der Waals surface area contributed by atoms with E-state index in [0.29, 0.717) is 13.2 Å². The topological polar surface area (TPSA) is 53.7 Å². The average Bonchev–Trinajstić information content (AvgIpc) is 2.61. The Bertz CT molecular complexity index is 489. The zero-order valence-corrected chi connectivity index (χ0v) is 11.0. The molecule has 2 heterocycles. The minimum atomic E-state index is -0.363. The van der Waals surface area contributed by atoms with Gasteiger partial charge in [-0.1, -0.05) is 6.07 Å². The predicted molar refractivity (Wildman–Crippen MR) is 70.1 cm³/mol. The first-order valence-electron chi connectivity index (χ1n) is 6.31. The van der Waals surface area contributed by atoms with Gasteiger partial charge in [-0.3, -0.25) is 0 Å². The van der Waals surface area contributed by atoms with Crippen LogP contribution < -0.4 is 15.9 Å². The van der Waals surface area contributed by atoms with Gasteiger partial charge in [0.15, 0.2) is 0 Å². The summed E-state index contributed by atoms with van der Waals surface area (Å²) in [5, 5.41) is 0. The Balaban J connectivity index is 2.13. The van der Waals surface area contributed by atoms with Crippen LogP contribution in [0.4, 0.5) is 0 Å². The first-order chi connectivity index (χ1) is 8.52. The molecule has 18 heavy (non-hydrogen) atoms. The van der Waals surface area contributed by atoms with E-state index in [0.717, 1.165) is 16.8 Å². The Morgan fingerprint density at radius 3 is 2.94 bits per heavy atom. The molecule has 1 aromatic carbocycles. The van der Waals surface area contributed by atoms with Gasteiger partial charge in [0.1, 0.15) is 12.4 Å². The van der Waals surface area contributed by atoms with Crippen LogP contribution in [0.25, 0.3) is 0 Å². The van der Waals surface area contributed by atoms with Gasteiger partial charge in [-0.15, -0.1) is 0 Å². The number of benzene rings is 1. The molecule has 0 spiro atoms. The van der Waals surface area contributed by atoms with E-state index >= 15 is 0 Å². The zero-order chi connectivity index (χ0) is 12.9. The molecule has 2 aliphatic rings. The first kappa shape index (κ1) is 12.0. The molecule has 0 unspecified atom stereocenters. The fraction of sp³-hybridized carbons (Fsp3) is 0.538. The van der Waals surface area contributed by atoms with Crippen molar-refractivity contribution in [3.8, 4) is 5.75 Å². The average molecular weight is 247 g/mol. The summed E-state index contributed by atoms with van der Waals surface area (Å²) in [6, 6.07) is 4.05. The lowest BCUT2D eigenvalue weighted by Crippen LogP contribution is -2.40. The molecule has 1 aromatic rings. The number of rotatable bonds is 1. The van der Waals surface area contributed by atoms with Gasteiger partial charge in [-0.05, 0) is 38.0 Å². The molecule has 0 saturated carbocycles. The molecule has 4 nitrogen and oxygen atoms in total. The van der Waals surface area contributed by atoms with Gasteiger partial charge in [0.05, 0.1) is 11.7 Å². The van der Waals surface area contributed by atoms with Crippen LogP contribution in [0.5, 0.6) is 5.75 Å². The molecule has 0 amide bonds. The summed E-state index contributed by atoms with van der Waals surface area (Å²) in [7, 11) is -0.360. The van der Waals surface area contributed by atoms with Gasteiger partial charge in [-0.25, -0.2) is 0 Å². The van der Waals surface area contributed by atoms with Crippen LogP contribution in [0.1, 0.15) is 31.1 Å². The Morgan fingerprint density at radius 2 is 2.22 bits per heavy atom. The third-order valence-electron chi connectivity index (χ3n) is 3.53. The lowest BCUT2D eigenvalue weighted by Gasteiger charge is -2.25. The monoisotopic (exact) mass is 247 g/mol. The standard InChI is InChI=1S/C13H18BNO3/c1-8-4-5-9-12-11(8)10(6-15)17-14(12)18-13(2,3)7-16-9/h4-5,10H,6-7,15H2,1-3H3/t10-/m1/s1. The Hall–Kier alpha value is -1.04. The van der Waals surface area contributed by atoms with Crippen LogP contribution >= 0.6 is 0 Å². The van der Waals surface area contributed by atoms with Gasteiger partial charge in [0, 0.05) is 12.0 Å². The maximum Gasteiger partial charge on any atom is 0.499 e. The van der Waals surface area contributed by atoms with Crippen molar-refractivity contribution in [2.24, 2.45) is 5.73 Å². The smallest absolute Gasteiger partial charge is 0.491 e. The number of aryl methyl sites for hydroxylation is 1. The van der Waals surface area contributed by atoms with Gasteiger partial charge in [0.25, 0.3) is 0 Å². The summed E-state index contributed by atoms with van der Waals surface area (Å²) < 4.78 is 17.8. The van der Waals surface area contributed by atoms with Crippen molar-refractivity contribution in [3.05, 3.63) is 23.3 Å². The third kappa shape index (κ3) is 1.74. The van der Waals surface area contributed by atoms with Gasteiger partial charge in [-0.2, -0.15) is 0 Å². The van der Waals surface area contributed by atoms with Crippen LogP contribution in [-0.2, 0) is 9.31 Å². The Labute approximate surface area is 108 Å². The van der Waals surface area contributed by atoms with Gasteiger partial charge in [0.2, 0.25) is 0 Å². The largest absolute Gasteiger partial charge is 0.499 e. The molecule has 96 valence electrons. The molecule has 0 saturated heterocycles. The SMILES string of the molecule is Cc1ccc2c3c1[C@@H](CN)OB3OC(C)(C)CO2. The number of nitrogens with two attached hydrogens (primary N) is 1. The molecule has 1 atom stereocenters. The zero-order valence-electron chi connectivity index (χ0n) is 11.0. The molecule has 0 fully saturated rings. The highest BCUT2D eigenvalue weighted by Crippen LogP contribution is 2.34.